The fourth-order valence-corrected chi connectivity index (χ4v) is 3.39. The average Bonchev–Trinajstić information content (AvgIpc) is 2.72. The van der Waals surface area contributed by atoms with Crippen molar-refractivity contribution in [2.75, 3.05) is 6.61 Å². The van der Waals surface area contributed by atoms with Crippen LogP contribution in [0.15, 0.2) is 53.0 Å². The molecular weight excluding hydrogens is 444 g/mol. The summed E-state index contributed by atoms with van der Waals surface area (Å²) < 4.78 is 6.64. The third-order valence-corrected chi connectivity index (χ3v) is 5.53. The Kier molecular flexibility index (Phi) is 9.37. The van der Waals surface area contributed by atoms with Crippen molar-refractivity contribution in [2.24, 2.45) is 0 Å². The van der Waals surface area contributed by atoms with Crippen molar-refractivity contribution in [2.45, 2.75) is 59.2 Å². The Labute approximate surface area is 187 Å². The Morgan fingerprint density at radius 1 is 1.10 bits per heavy atom. The number of hydrogen-bond acceptors (Lipinski definition) is 3. The topological polar surface area (TPSA) is 58.6 Å². The van der Waals surface area contributed by atoms with Gasteiger partial charge in [-0.25, -0.2) is 0 Å². The lowest BCUT2D eigenvalue weighted by Crippen LogP contribution is -2.51. The van der Waals surface area contributed by atoms with Crippen LogP contribution >= 0.6 is 15.9 Å². The fourth-order valence-electron chi connectivity index (χ4n) is 3.13. The molecule has 162 valence electrons. The van der Waals surface area contributed by atoms with Crippen LogP contribution in [-0.2, 0) is 16.1 Å². The summed E-state index contributed by atoms with van der Waals surface area (Å²) in [4.78, 5) is 27.7. The Morgan fingerprint density at radius 3 is 2.40 bits per heavy atom. The molecule has 0 aromatic heterocycles. The van der Waals surface area contributed by atoms with Crippen molar-refractivity contribution < 1.29 is 14.3 Å². The minimum Gasteiger partial charge on any atom is -0.484 e. The number of halogens is 1. The van der Waals surface area contributed by atoms with Crippen molar-refractivity contribution in [3.05, 3.63) is 64.1 Å². The molecule has 0 aliphatic heterocycles. The number of ether oxygens (including phenoxy) is 1. The zero-order valence-electron chi connectivity index (χ0n) is 18.2. The maximum Gasteiger partial charge on any atom is 0.261 e. The molecule has 0 aliphatic rings. The molecule has 0 aliphatic carbocycles. The lowest BCUT2D eigenvalue weighted by Gasteiger charge is -2.31. The summed E-state index contributed by atoms with van der Waals surface area (Å²) >= 11 is 3.39. The monoisotopic (exact) mass is 474 g/mol. The number of hydrogen-bond donors (Lipinski definition) is 1. The number of amides is 2. The van der Waals surface area contributed by atoms with Crippen LogP contribution in [0.3, 0.4) is 0 Å². The second-order valence-corrected chi connectivity index (χ2v) is 8.41. The first-order valence-corrected chi connectivity index (χ1v) is 11.2. The highest BCUT2D eigenvalue weighted by Gasteiger charge is 2.29. The highest BCUT2D eigenvalue weighted by atomic mass is 79.9. The molecule has 0 bridgehead atoms. The van der Waals surface area contributed by atoms with Gasteiger partial charge in [0, 0.05) is 17.1 Å². The van der Waals surface area contributed by atoms with Crippen LogP contribution < -0.4 is 10.1 Å². The van der Waals surface area contributed by atoms with E-state index in [0.717, 1.165) is 22.0 Å². The van der Waals surface area contributed by atoms with Crippen LogP contribution in [0.5, 0.6) is 5.75 Å². The third kappa shape index (κ3) is 7.17. The van der Waals surface area contributed by atoms with Gasteiger partial charge in [-0.3, -0.25) is 9.59 Å². The Balaban J connectivity index is 2.20. The van der Waals surface area contributed by atoms with E-state index in [1.54, 1.807) is 17.0 Å². The molecular formula is C24H31BrN2O3. The van der Waals surface area contributed by atoms with Gasteiger partial charge in [-0.05, 0) is 56.5 Å². The first-order valence-electron chi connectivity index (χ1n) is 10.4. The van der Waals surface area contributed by atoms with Gasteiger partial charge in [0.05, 0.1) is 0 Å². The molecule has 0 radical (unpaired) electrons. The summed E-state index contributed by atoms with van der Waals surface area (Å²) in [7, 11) is 0. The maximum absolute atomic E-state index is 13.1. The van der Waals surface area contributed by atoms with Gasteiger partial charge < -0.3 is 15.0 Å². The molecule has 0 saturated carbocycles. The average molecular weight is 475 g/mol. The number of carbonyl (C=O) groups excluding carboxylic acids is 2. The lowest BCUT2D eigenvalue weighted by molar-refractivity contribution is -0.143. The van der Waals surface area contributed by atoms with Crippen molar-refractivity contribution >= 4 is 27.7 Å². The van der Waals surface area contributed by atoms with Gasteiger partial charge in [0.2, 0.25) is 5.91 Å². The molecule has 0 fully saturated rings. The molecule has 0 spiro atoms. The molecule has 2 atom stereocenters. The maximum atomic E-state index is 13.1. The lowest BCUT2D eigenvalue weighted by atomic mass is 10.1. The second kappa shape index (κ2) is 11.7. The number of carbonyl (C=O) groups is 2. The number of benzene rings is 2. The minimum absolute atomic E-state index is 0.0569. The minimum atomic E-state index is -0.555. The van der Waals surface area contributed by atoms with E-state index in [1.807, 2.05) is 64.1 Å². The van der Waals surface area contributed by atoms with E-state index in [0.29, 0.717) is 18.7 Å². The van der Waals surface area contributed by atoms with E-state index >= 15 is 0 Å². The summed E-state index contributed by atoms with van der Waals surface area (Å²) in [6.45, 7) is 8.16. The molecule has 0 saturated heterocycles. The van der Waals surface area contributed by atoms with Gasteiger partial charge in [0.1, 0.15) is 11.8 Å². The van der Waals surface area contributed by atoms with E-state index in [2.05, 4.69) is 21.2 Å². The summed E-state index contributed by atoms with van der Waals surface area (Å²) in [5.74, 6) is 0.265. The molecule has 2 amide bonds. The third-order valence-electron chi connectivity index (χ3n) is 5.00. The quantitative estimate of drug-likeness (QED) is 0.534. The normalized spacial score (nSPS) is 12.7. The Morgan fingerprint density at radius 2 is 1.80 bits per heavy atom. The van der Waals surface area contributed by atoms with E-state index in [1.165, 1.54) is 0 Å². The molecule has 2 aromatic carbocycles. The van der Waals surface area contributed by atoms with Crippen molar-refractivity contribution in [1.29, 1.82) is 0 Å². The number of nitrogens with one attached hydrogen (secondary N) is 1. The van der Waals surface area contributed by atoms with Crippen molar-refractivity contribution in [3.8, 4) is 5.75 Å². The zero-order valence-corrected chi connectivity index (χ0v) is 19.7. The number of rotatable bonds is 10. The first kappa shape index (κ1) is 23.9. The largest absolute Gasteiger partial charge is 0.484 e. The van der Waals surface area contributed by atoms with Crippen LogP contribution in [0.4, 0.5) is 0 Å². The van der Waals surface area contributed by atoms with Crippen molar-refractivity contribution in [3.63, 3.8) is 0 Å². The zero-order chi connectivity index (χ0) is 22.1. The molecule has 0 heterocycles. The summed E-state index contributed by atoms with van der Waals surface area (Å²) in [5, 5.41) is 3.01. The highest BCUT2D eigenvalue weighted by Crippen LogP contribution is 2.18. The molecule has 2 rings (SSSR count). The highest BCUT2D eigenvalue weighted by molar-refractivity contribution is 9.10. The van der Waals surface area contributed by atoms with Crippen LogP contribution in [0.25, 0.3) is 0 Å². The van der Waals surface area contributed by atoms with Gasteiger partial charge in [0.15, 0.2) is 6.61 Å². The van der Waals surface area contributed by atoms with E-state index in [4.69, 9.17) is 4.74 Å². The Hall–Kier alpha value is -2.34. The predicted molar refractivity (Wildman–Crippen MR) is 123 cm³/mol. The summed E-state index contributed by atoms with van der Waals surface area (Å²) in [5.41, 5.74) is 2.10. The molecule has 2 aromatic rings. The fraction of sp³-hybridized carbons (Fsp3) is 0.417. The van der Waals surface area contributed by atoms with Gasteiger partial charge in [0.25, 0.3) is 5.91 Å². The van der Waals surface area contributed by atoms with Crippen LogP contribution in [-0.4, -0.2) is 35.4 Å². The van der Waals surface area contributed by atoms with Crippen LogP contribution in [0, 0.1) is 6.92 Å². The predicted octanol–water partition coefficient (Wildman–Crippen LogP) is 4.86. The van der Waals surface area contributed by atoms with Crippen LogP contribution in [0.2, 0.25) is 0 Å². The van der Waals surface area contributed by atoms with E-state index in [-0.39, 0.29) is 24.5 Å². The smallest absolute Gasteiger partial charge is 0.261 e. The standard InChI is InChI=1S/C24H31BrN2O3/c1-5-18(4)26-24(29)22(6-2)27(15-19-9-7-8-17(3)14-19)23(28)16-30-21-12-10-20(25)11-13-21/h7-14,18,22H,5-6,15-16H2,1-4H3,(H,26,29)/t18-,22+/m0/s1. The van der Waals surface area contributed by atoms with Gasteiger partial charge in [-0.1, -0.05) is 59.6 Å². The SMILES string of the molecule is CC[C@H](C(=O)N[C@@H](C)CC)N(Cc1cccc(C)c1)C(=O)COc1ccc(Br)cc1. The van der Waals surface area contributed by atoms with Gasteiger partial charge in [-0.15, -0.1) is 0 Å². The molecule has 30 heavy (non-hydrogen) atoms. The molecule has 6 heteroatoms. The van der Waals surface area contributed by atoms with Crippen molar-refractivity contribution in [1.82, 2.24) is 10.2 Å². The summed E-state index contributed by atoms with van der Waals surface area (Å²) in [6, 6.07) is 14.8. The second-order valence-electron chi connectivity index (χ2n) is 7.50. The molecule has 1 N–H and O–H groups in total. The molecule has 0 unspecified atom stereocenters. The van der Waals surface area contributed by atoms with Gasteiger partial charge >= 0.3 is 0 Å². The molecule has 5 nitrogen and oxygen atoms in total. The first-order chi connectivity index (χ1) is 14.3. The van der Waals surface area contributed by atoms with E-state index in [9.17, 15) is 9.59 Å². The summed E-state index contributed by atoms with van der Waals surface area (Å²) in [6.07, 6.45) is 1.36. The Bertz CT molecular complexity index is 839. The van der Waals surface area contributed by atoms with Gasteiger partial charge in [-0.2, -0.15) is 0 Å². The van der Waals surface area contributed by atoms with E-state index < -0.39 is 6.04 Å². The number of aryl methyl sites for hydroxylation is 1. The van der Waals surface area contributed by atoms with Crippen LogP contribution in [0.1, 0.15) is 44.7 Å². The number of nitrogens with zero attached hydrogens (tertiary/aromatic N) is 1.